The highest BCUT2D eigenvalue weighted by molar-refractivity contribution is 7.11. The Hall–Kier alpha value is -1.89. The van der Waals surface area contributed by atoms with Crippen LogP contribution in [0.15, 0.2) is 6.20 Å². The number of aryl methyl sites for hydroxylation is 3. The molecule has 0 bridgehead atoms. The summed E-state index contributed by atoms with van der Waals surface area (Å²) in [4.78, 5) is 9.89. The number of nitrogen functional groups attached to an aromatic ring is 1. The lowest BCUT2D eigenvalue weighted by Crippen LogP contribution is -2.07. The molecule has 0 fully saturated rings. The van der Waals surface area contributed by atoms with Crippen LogP contribution in [0.1, 0.15) is 22.5 Å². The maximum absolute atomic E-state index is 6.04. The molecule has 19 heavy (non-hydrogen) atoms. The number of nitrogens with two attached hydrogens (primary N) is 1. The number of fused-ring (bicyclic) bond motifs is 1. The first-order chi connectivity index (χ1) is 9.10. The zero-order valence-corrected chi connectivity index (χ0v) is 12.0. The third kappa shape index (κ3) is 1.90. The van der Waals surface area contributed by atoms with Crippen molar-refractivity contribution in [1.82, 2.24) is 24.3 Å². The number of hydrogen-bond donors (Lipinski definition) is 1. The zero-order valence-electron chi connectivity index (χ0n) is 11.2. The van der Waals surface area contributed by atoms with E-state index in [9.17, 15) is 0 Å². The number of nitrogens with zero attached hydrogens (tertiary/aromatic N) is 5. The van der Waals surface area contributed by atoms with Gasteiger partial charge in [-0.05, 0) is 13.3 Å². The van der Waals surface area contributed by atoms with E-state index in [1.807, 2.05) is 29.4 Å². The maximum Gasteiger partial charge on any atom is 0.202 e. The van der Waals surface area contributed by atoms with Gasteiger partial charge in [-0.25, -0.2) is 9.97 Å². The van der Waals surface area contributed by atoms with Crippen LogP contribution in [0.25, 0.3) is 11.2 Å². The Morgan fingerprint density at radius 2 is 2.21 bits per heavy atom. The zero-order chi connectivity index (χ0) is 13.6. The van der Waals surface area contributed by atoms with Gasteiger partial charge in [-0.1, -0.05) is 6.92 Å². The lowest BCUT2D eigenvalue weighted by molar-refractivity contribution is 0.722. The summed E-state index contributed by atoms with van der Waals surface area (Å²) < 4.78 is 3.85. The van der Waals surface area contributed by atoms with Crippen LogP contribution in [-0.2, 0) is 20.0 Å². The molecule has 6 nitrogen and oxygen atoms in total. The van der Waals surface area contributed by atoms with Crippen LogP contribution in [0.2, 0.25) is 0 Å². The van der Waals surface area contributed by atoms with Crippen LogP contribution >= 0.6 is 11.3 Å². The normalized spacial score (nSPS) is 11.5. The van der Waals surface area contributed by atoms with E-state index >= 15 is 0 Å². The minimum Gasteiger partial charge on any atom is -0.369 e. The molecule has 100 valence electrons. The van der Waals surface area contributed by atoms with E-state index in [-0.39, 0.29) is 0 Å². The SMILES string of the molecule is CCc1nn(C)c2c1nc(N)n2Cc1cnc(C)s1. The largest absolute Gasteiger partial charge is 0.369 e. The van der Waals surface area contributed by atoms with Gasteiger partial charge in [0.1, 0.15) is 5.52 Å². The third-order valence-corrected chi connectivity index (χ3v) is 4.04. The van der Waals surface area contributed by atoms with E-state index in [1.54, 1.807) is 11.3 Å². The van der Waals surface area contributed by atoms with Gasteiger partial charge in [0, 0.05) is 18.1 Å². The van der Waals surface area contributed by atoms with Crippen LogP contribution in [0, 0.1) is 6.92 Å². The van der Waals surface area contributed by atoms with Crippen molar-refractivity contribution in [1.29, 1.82) is 0 Å². The summed E-state index contributed by atoms with van der Waals surface area (Å²) in [6.45, 7) is 4.76. The molecule has 0 unspecified atom stereocenters. The summed E-state index contributed by atoms with van der Waals surface area (Å²) in [5.41, 5.74) is 8.91. The molecule has 3 heterocycles. The smallest absolute Gasteiger partial charge is 0.202 e. The summed E-state index contributed by atoms with van der Waals surface area (Å²) in [5.74, 6) is 0.531. The monoisotopic (exact) mass is 276 g/mol. The summed E-state index contributed by atoms with van der Waals surface area (Å²) in [6.07, 6.45) is 2.75. The highest BCUT2D eigenvalue weighted by atomic mass is 32.1. The van der Waals surface area contributed by atoms with E-state index in [2.05, 4.69) is 22.0 Å². The van der Waals surface area contributed by atoms with Crippen molar-refractivity contribution in [3.63, 3.8) is 0 Å². The molecule has 0 aliphatic carbocycles. The number of anilines is 1. The first-order valence-corrected chi connectivity index (χ1v) is 7.00. The summed E-state index contributed by atoms with van der Waals surface area (Å²) in [5, 5.41) is 5.54. The van der Waals surface area contributed by atoms with E-state index in [4.69, 9.17) is 5.73 Å². The van der Waals surface area contributed by atoms with Gasteiger partial charge < -0.3 is 5.73 Å². The summed E-state index contributed by atoms with van der Waals surface area (Å²) >= 11 is 1.68. The van der Waals surface area contributed by atoms with Gasteiger partial charge in [0.05, 0.1) is 17.2 Å². The molecular formula is C12H16N6S. The van der Waals surface area contributed by atoms with Crippen molar-refractivity contribution in [2.75, 3.05) is 5.73 Å². The Morgan fingerprint density at radius 1 is 1.42 bits per heavy atom. The topological polar surface area (TPSA) is 74.6 Å². The van der Waals surface area contributed by atoms with Gasteiger partial charge in [0.2, 0.25) is 5.95 Å². The molecule has 0 amide bonds. The van der Waals surface area contributed by atoms with Crippen molar-refractivity contribution in [3.8, 4) is 0 Å². The molecule has 0 aliphatic rings. The second-order valence-corrected chi connectivity index (χ2v) is 5.82. The minimum absolute atomic E-state index is 0.531. The Bertz CT molecular complexity index is 735. The predicted octanol–water partition coefficient (Wildman–Crippen LogP) is 1.73. The number of aromatic nitrogens is 5. The first-order valence-electron chi connectivity index (χ1n) is 6.19. The molecule has 0 spiro atoms. The Kier molecular flexibility index (Phi) is 2.78. The van der Waals surface area contributed by atoms with Gasteiger partial charge in [0.15, 0.2) is 5.65 Å². The van der Waals surface area contributed by atoms with E-state index in [0.29, 0.717) is 12.5 Å². The molecule has 0 atom stereocenters. The molecule has 3 aromatic rings. The van der Waals surface area contributed by atoms with E-state index < -0.39 is 0 Å². The molecular weight excluding hydrogens is 260 g/mol. The lowest BCUT2D eigenvalue weighted by atomic mass is 10.3. The Morgan fingerprint density at radius 3 is 2.84 bits per heavy atom. The highest BCUT2D eigenvalue weighted by Crippen LogP contribution is 2.23. The molecule has 7 heteroatoms. The number of imidazole rings is 1. The third-order valence-electron chi connectivity index (χ3n) is 3.14. The fraction of sp³-hybridized carbons (Fsp3) is 0.417. The van der Waals surface area contributed by atoms with Gasteiger partial charge in [0.25, 0.3) is 0 Å². The highest BCUT2D eigenvalue weighted by Gasteiger charge is 2.17. The Balaban J connectivity index is 2.12. The molecule has 0 aliphatic heterocycles. The van der Waals surface area contributed by atoms with Crippen molar-refractivity contribution in [2.45, 2.75) is 26.8 Å². The molecule has 0 radical (unpaired) electrons. The van der Waals surface area contributed by atoms with E-state index in [1.165, 1.54) is 4.88 Å². The van der Waals surface area contributed by atoms with Gasteiger partial charge >= 0.3 is 0 Å². The average Bonchev–Trinajstić information content (AvgIpc) is 3.00. The number of rotatable bonds is 3. The first kappa shape index (κ1) is 12.2. The van der Waals surface area contributed by atoms with Crippen LogP contribution < -0.4 is 5.73 Å². The van der Waals surface area contributed by atoms with Gasteiger partial charge in [-0.2, -0.15) is 5.10 Å². The summed E-state index contributed by atoms with van der Waals surface area (Å²) in [7, 11) is 1.93. The van der Waals surface area contributed by atoms with Crippen LogP contribution in [0.3, 0.4) is 0 Å². The molecule has 0 saturated carbocycles. The second kappa shape index (κ2) is 4.34. The van der Waals surface area contributed by atoms with Gasteiger partial charge in [-0.15, -0.1) is 11.3 Å². The molecule has 2 N–H and O–H groups in total. The second-order valence-electron chi connectivity index (χ2n) is 4.50. The van der Waals surface area contributed by atoms with E-state index in [0.717, 1.165) is 28.3 Å². The van der Waals surface area contributed by atoms with Crippen LogP contribution in [-0.4, -0.2) is 24.3 Å². The fourth-order valence-electron chi connectivity index (χ4n) is 2.29. The van der Waals surface area contributed by atoms with Crippen LogP contribution in [0.4, 0.5) is 5.95 Å². The lowest BCUT2D eigenvalue weighted by Gasteiger charge is -2.04. The number of hydrogen-bond acceptors (Lipinski definition) is 5. The van der Waals surface area contributed by atoms with Crippen molar-refractivity contribution in [3.05, 3.63) is 21.8 Å². The predicted molar refractivity (Wildman–Crippen MR) is 76.2 cm³/mol. The van der Waals surface area contributed by atoms with Crippen molar-refractivity contribution < 1.29 is 0 Å². The van der Waals surface area contributed by atoms with Crippen molar-refractivity contribution in [2.24, 2.45) is 7.05 Å². The quantitative estimate of drug-likeness (QED) is 0.790. The average molecular weight is 276 g/mol. The summed E-state index contributed by atoms with van der Waals surface area (Å²) in [6, 6.07) is 0. The molecule has 3 rings (SSSR count). The maximum atomic E-state index is 6.04. The fourth-order valence-corrected chi connectivity index (χ4v) is 3.07. The molecule has 0 saturated heterocycles. The van der Waals surface area contributed by atoms with Crippen molar-refractivity contribution >= 4 is 28.4 Å². The molecule has 3 aromatic heterocycles. The molecule has 0 aromatic carbocycles. The number of thiazole rings is 1. The Labute approximate surface area is 114 Å². The van der Waals surface area contributed by atoms with Gasteiger partial charge in [-0.3, -0.25) is 9.25 Å². The van der Waals surface area contributed by atoms with Crippen LogP contribution in [0.5, 0.6) is 0 Å². The standard InChI is InChI=1S/C12H16N6S/c1-4-9-10-11(17(3)16-9)18(12(13)15-10)6-8-5-14-7(2)19-8/h5H,4,6H2,1-3H3,(H2,13,15). The minimum atomic E-state index is 0.531.